The normalized spacial score (nSPS) is 17.2. The summed E-state index contributed by atoms with van der Waals surface area (Å²) in [6.45, 7) is 4.75. The van der Waals surface area contributed by atoms with Crippen LogP contribution in [-0.4, -0.2) is 21.6 Å². The molecule has 0 spiro atoms. The lowest BCUT2D eigenvalue weighted by atomic mass is 10.1. The molecule has 1 aliphatic rings. The van der Waals surface area contributed by atoms with Gasteiger partial charge >= 0.3 is 0 Å². The highest BCUT2D eigenvalue weighted by Crippen LogP contribution is 2.36. The zero-order valence-corrected chi connectivity index (χ0v) is 13.5. The summed E-state index contributed by atoms with van der Waals surface area (Å²) < 4.78 is 5.29. The second-order valence-corrected chi connectivity index (χ2v) is 6.07. The molecule has 1 unspecified atom stereocenters. The minimum atomic E-state index is -0.544. The number of aromatic nitrogens is 2. The number of hydrogen-bond donors (Lipinski definition) is 0. The number of benzene rings is 1. The van der Waals surface area contributed by atoms with Crippen LogP contribution in [0.4, 0.5) is 11.4 Å². The van der Waals surface area contributed by atoms with Crippen molar-refractivity contribution in [3.63, 3.8) is 0 Å². The van der Waals surface area contributed by atoms with Gasteiger partial charge < -0.3 is 9.42 Å². The first-order chi connectivity index (χ1) is 11.5. The Labute approximate surface area is 138 Å². The van der Waals surface area contributed by atoms with Gasteiger partial charge in [0, 0.05) is 24.2 Å². The van der Waals surface area contributed by atoms with E-state index in [4.69, 9.17) is 9.78 Å². The lowest BCUT2D eigenvalue weighted by molar-refractivity contribution is -0.385. The van der Waals surface area contributed by atoms with Crippen molar-refractivity contribution >= 4 is 11.4 Å². The van der Waals surface area contributed by atoms with Gasteiger partial charge in [-0.1, -0.05) is 19.0 Å². The van der Waals surface area contributed by atoms with Crippen LogP contribution in [0.3, 0.4) is 0 Å². The molecule has 1 aliphatic heterocycles. The summed E-state index contributed by atoms with van der Waals surface area (Å²) in [6, 6.07) is 6.45. The molecule has 8 heteroatoms. The van der Waals surface area contributed by atoms with Gasteiger partial charge in [-0.15, -0.1) is 0 Å². The Morgan fingerprint density at radius 2 is 2.29 bits per heavy atom. The second kappa shape index (κ2) is 6.28. The summed E-state index contributed by atoms with van der Waals surface area (Å²) >= 11 is 0. The van der Waals surface area contributed by atoms with Gasteiger partial charge in [-0.25, -0.2) is 0 Å². The number of nitrogens with zero attached hydrogens (tertiary/aromatic N) is 5. The predicted octanol–water partition coefficient (Wildman–Crippen LogP) is 3.31. The van der Waals surface area contributed by atoms with Crippen LogP contribution >= 0.6 is 0 Å². The quantitative estimate of drug-likeness (QED) is 0.625. The number of rotatable bonds is 4. The van der Waals surface area contributed by atoms with E-state index < -0.39 is 4.92 Å². The van der Waals surface area contributed by atoms with Gasteiger partial charge in [0.25, 0.3) is 5.69 Å². The van der Waals surface area contributed by atoms with Gasteiger partial charge in [0.1, 0.15) is 11.6 Å². The minimum Gasteiger partial charge on any atom is -0.361 e. The van der Waals surface area contributed by atoms with Crippen LogP contribution in [0.25, 0.3) is 0 Å². The van der Waals surface area contributed by atoms with Crippen LogP contribution in [0.1, 0.15) is 55.9 Å². The molecule has 1 fully saturated rings. The predicted molar refractivity (Wildman–Crippen MR) is 85.5 cm³/mol. The molecule has 8 nitrogen and oxygen atoms in total. The van der Waals surface area contributed by atoms with Gasteiger partial charge in [0.15, 0.2) is 5.82 Å². The molecular formula is C16H17N5O3. The monoisotopic (exact) mass is 327 g/mol. The van der Waals surface area contributed by atoms with Crippen LogP contribution in [0, 0.1) is 21.4 Å². The van der Waals surface area contributed by atoms with Gasteiger partial charge in [0.2, 0.25) is 5.89 Å². The number of anilines is 1. The van der Waals surface area contributed by atoms with Crippen molar-refractivity contribution in [1.82, 2.24) is 10.1 Å². The maximum absolute atomic E-state index is 11.0. The lowest BCUT2D eigenvalue weighted by Crippen LogP contribution is -2.23. The molecule has 0 aliphatic carbocycles. The van der Waals surface area contributed by atoms with Crippen molar-refractivity contribution in [2.75, 3.05) is 11.4 Å². The highest BCUT2D eigenvalue weighted by Gasteiger charge is 2.31. The maximum atomic E-state index is 11.0. The van der Waals surface area contributed by atoms with Crippen molar-refractivity contribution < 1.29 is 9.45 Å². The summed E-state index contributed by atoms with van der Waals surface area (Å²) in [5.41, 5.74) is 0.633. The molecule has 0 N–H and O–H groups in total. The Morgan fingerprint density at radius 3 is 2.92 bits per heavy atom. The summed E-state index contributed by atoms with van der Waals surface area (Å²) in [5.74, 6) is 1.37. The SMILES string of the molecule is CC(C)c1nc(C2CCCN2c2ccc([N+](=O)[O-])c(C#N)c2)no1. The third-order valence-electron chi connectivity index (χ3n) is 4.13. The number of nitro benzene ring substituents is 1. The molecule has 0 radical (unpaired) electrons. The minimum absolute atomic E-state index is 0.0470. The van der Waals surface area contributed by atoms with Crippen molar-refractivity contribution in [2.45, 2.75) is 38.6 Å². The van der Waals surface area contributed by atoms with Crippen LogP contribution in [0.2, 0.25) is 0 Å². The third-order valence-corrected chi connectivity index (χ3v) is 4.13. The first kappa shape index (κ1) is 15.9. The van der Waals surface area contributed by atoms with E-state index in [0.29, 0.717) is 11.7 Å². The zero-order valence-electron chi connectivity index (χ0n) is 13.5. The molecule has 24 heavy (non-hydrogen) atoms. The molecule has 124 valence electrons. The van der Waals surface area contributed by atoms with E-state index in [2.05, 4.69) is 15.0 Å². The largest absolute Gasteiger partial charge is 0.361 e. The highest BCUT2D eigenvalue weighted by atomic mass is 16.6. The van der Waals surface area contributed by atoms with E-state index in [1.807, 2.05) is 19.9 Å². The molecule has 1 saturated heterocycles. The van der Waals surface area contributed by atoms with Crippen molar-refractivity contribution in [3.05, 3.63) is 45.6 Å². The van der Waals surface area contributed by atoms with Crippen molar-refractivity contribution in [2.24, 2.45) is 0 Å². The van der Waals surface area contributed by atoms with Crippen LogP contribution in [-0.2, 0) is 0 Å². The third kappa shape index (κ3) is 2.80. The smallest absolute Gasteiger partial charge is 0.287 e. The average Bonchev–Trinajstić information content (AvgIpc) is 3.22. The number of hydrogen-bond acceptors (Lipinski definition) is 7. The molecule has 2 aromatic rings. The van der Waals surface area contributed by atoms with Crippen molar-refractivity contribution in [3.8, 4) is 6.07 Å². The second-order valence-electron chi connectivity index (χ2n) is 6.07. The number of nitro groups is 1. The van der Waals surface area contributed by atoms with Gasteiger partial charge in [-0.2, -0.15) is 10.2 Å². The summed E-state index contributed by atoms with van der Waals surface area (Å²) in [6.07, 6.45) is 1.82. The maximum Gasteiger partial charge on any atom is 0.287 e. The average molecular weight is 327 g/mol. The van der Waals surface area contributed by atoms with Crippen LogP contribution in [0.5, 0.6) is 0 Å². The topological polar surface area (TPSA) is 109 Å². The molecule has 0 saturated carbocycles. The van der Waals surface area contributed by atoms with E-state index in [1.54, 1.807) is 12.1 Å². The highest BCUT2D eigenvalue weighted by molar-refractivity contribution is 5.60. The summed E-state index contributed by atoms with van der Waals surface area (Å²) in [7, 11) is 0. The zero-order chi connectivity index (χ0) is 17.3. The van der Waals surface area contributed by atoms with E-state index in [-0.39, 0.29) is 23.2 Å². The Balaban J connectivity index is 1.93. The molecule has 1 aromatic carbocycles. The van der Waals surface area contributed by atoms with Crippen LogP contribution in [0.15, 0.2) is 22.7 Å². The van der Waals surface area contributed by atoms with Gasteiger partial charge in [-0.05, 0) is 25.0 Å². The fourth-order valence-electron chi connectivity index (χ4n) is 2.91. The van der Waals surface area contributed by atoms with E-state index >= 15 is 0 Å². The van der Waals surface area contributed by atoms with Gasteiger partial charge in [0.05, 0.1) is 11.0 Å². The first-order valence-corrected chi connectivity index (χ1v) is 7.80. The molecule has 1 atom stereocenters. The standard InChI is InChI=1S/C16H17N5O3/c1-10(2)16-18-15(19-24-16)14-4-3-7-20(14)12-5-6-13(21(22)23)11(8-12)9-17/h5-6,8,10,14H,3-4,7H2,1-2H3. The molecule has 0 amide bonds. The Bertz CT molecular complexity index is 808. The molecule has 2 heterocycles. The fraction of sp³-hybridized carbons (Fsp3) is 0.438. The van der Waals surface area contributed by atoms with Gasteiger partial charge in [-0.3, -0.25) is 10.1 Å². The van der Waals surface area contributed by atoms with E-state index in [1.165, 1.54) is 6.07 Å². The Morgan fingerprint density at radius 1 is 1.50 bits per heavy atom. The molecular weight excluding hydrogens is 310 g/mol. The summed E-state index contributed by atoms with van der Waals surface area (Å²) in [4.78, 5) is 17.0. The molecule has 3 rings (SSSR count). The van der Waals surface area contributed by atoms with Crippen molar-refractivity contribution in [1.29, 1.82) is 5.26 Å². The molecule has 1 aromatic heterocycles. The van der Waals surface area contributed by atoms with E-state index in [9.17, 15) is 10.1 Å². The molecule has 0 bridgehead atoms. The lowest BCUT2D eigenvalue weighted by Gasteiger charge is -2.24. The van der Waals surface area contributed by atoms with Crippen LogP contribution < -0.4 is 4.90 Å². The summed E-state index contributed by atoms with van der Waals surface area (Å²) in [5, 5.41) is 24.2. The first-order valence-electron chi connectivity index (χ1n) is 7.80. The Hall–Kier alpha value is -2.95. The van der Waals surface area contributed by atoms with E-state index in [0.717, 1.165) is 25.1 Å². The Kier molecular flexibility index (Phi) is 4.16. The fourth-order valence-corrected chi connectivity index (χ4v) is 2.91. The number of nitriles is 1.